The number of nitrogens with one attached hydrogen (secondary N) is 1. The summed E-state index contributed by atoms with van der Waals surface area (Å²) in [5.41, 5.74) is 7.24. The average molecular weight is 313 g/mol. The van der Waals surface area contributed by atoms with E-state index in [2.05, 4.69) is 20.1 Å². The van der Waals surface area contributed by atoms with Crippen LogP contribution in [0.3, 0.4) is 0 Å². The molecule has 23 heavy (non-hydrogen) atoms. The third kappa shape index (κ3) is 3.76. The number of benzene rings is 1. The molecule has 3 rings (SSSR count). The van der Waals surface area contributed by atoms with Crippen LogP contribution in [0.5, 0.6) is 0 Å². The van der Waals surface area contributed by atoms with Gasteiger partial charge in [0.15, 0.2) is 0 Å². The molecule has 0 fully saturated rings. The molecule has 0 atom stereocenters. The van der Waals surface area contributed by atoms with Crippen molar-refractivity contribution in [2.24, 2.45) is 5.73 Å². The summed E-state index contributed by atoms with van der Waals surface area (Å²) in [5, 5.41) is 11.5. The first-order chi connectivity index (χ1) is 11.3. The second-order valence-corrected chi connectivity index (χ2v) is 5.90. The summed E-state index contributed by atoms with van der Waals surface area (Å²) in [6, 6.07) is 7.38. The first-order valence-corrected chi connectivity index (χ1v) is 8.26. The van der Waals surface area contributed by atoms with E-state index in [1.165, 1.54) is 19.3 Å². The summed E-state index contributed by atoms with van der Waals surface area (Å²) in [6.07, 6.45) is 5.33. The molecule has 2 heterocycles. The summed E-state index contributed by atoms with van der Waals surface area (Å²) in [6.45, 7) is 2.04. The second-order valence-electron chi connectivity index (χ2n) is 5.90. The molecule has 6 heteroatoms. The molecule has 2 aromatic rings. The molecule has 6 nitrogen and oxygen atoms in total. The molecule has 1 aliphatic rings. The monoisotopic (exact) mass is 313 g/mol. The second kappa shape index (κ2) is 7.37. The molecule has 3 N–H and O–H groups in total. The smallest absolute Gasteiger partial charge is 0.251 e. The van der Waals surface area contributed by atoms with Gasteiger partial charge in [0.1, 0.15) is 11.6 Å². The van der Waals surface area contributed by atoms with Crippen molar-refractivity contribution >= 4 is 5.91 Å². The van der Waals surface area contributed by atoms with Crippen molar-refractivity contribution in [3.05, 3.63) is 47.0 Å². The van der Waals surface area contributed by atoms with Gasteiger partial charge in [-0.05, 0) is 30.5 Å². The van der Waals surface area contributed by atoms with Crippen LogP contribution < -0.4 is 11.1 Å². The first kappa shape index (κ1) is 15.7. The number of carbonyl (C=O) groups is 1. The number of fused-ring (bicyclic) bond motifs is 1. The Labute approximate surface area is 136 Å². The van der Waals surface area contributed by atoms with Crippen LogP contribution in [0.1, 0.15) is 46.8 Å². The van der Waals surface area contributed by atoms with Gasteiger partial charge in [-0.15, -0.1) is 10.2 Å². The predicted octanol–water partition coefficient (Wildman–Crippen LogP) is 1.44. The van der Waals surface area contributed by atoms with Crippen LogP contribution in [0.2, 0.25) is 0 Å². The molecule has 0 unspecified atom stereocenters. The number of rotatable bonds is 5. The van der Waals surface area contributed by atoms with Crippen LogP contribution in [0.15, 0.2) is 24.3 Å². The topological polar surface area (TPSA) is 85.8 Å². The molecular formula is C17H23N5O. The van der Waals surface area contributed by atoms with Crippen molar-refractivity contribution in [1.29, 1.82) is 0 Å². The Bertz CT molecular complexity index is 662. The number of hydrogen-bond acceptors (Lipinski definition) is 4. The minimum Gasteiger partial charge on any atom is -0.352 e. The maximum Gasteiger partial charge on any atom is 0.251 e. The van der Waals surface area contributed by atoms with E-state index in [0.717, 1.165) is 30.2 Å². The van der Waals surface area contributed by atoms with Crippen molar-refractivity contribution < 1.29 is 4.79 Å². The first-order valence-electron chi connectivity index (χ1n) is 8.26. The Hall–Kier alpha value is -2.21. The van der Waals surface area contributed by atoms with Crippen molar-refractivity contribution in [3.8, 4) is 0 Å². The lowest BCUT2D eigenvalue weighted by molar-refractivity contribution is 0.0954. The quantitative estimate of drug-likeness (QED) is 0.874. The average Bonchev–Trinajstić information content (AvgIpc) is 2.82. The van der Waals surface area contributed by atoms with E-state index in [-0.39, 0.29) is 5.91 Å². The Morgan fingerprint density at radius 2 is 2.00 bits per heavy atom. The molecule has 1 aromatic carbocycles. The van der Waals surface area contributed by atoms with Gasteiger partial charge in [0.05, 0.1) is 0 Å². The molecule has 0 radical (unpaired) electrons. The third-order valence-electron chi connectivity index (χ3n) is 4.27. The number of aryl methyl sites for hydroxylation is 1. The number of aromatic nitrogens is 3. The van der Waals surface area contributed by atoms with Crippen molar-refractivity contribution in [1.82, 2.24) is 20.1 Å². The molecule has 0 saturated heterocycles. The van der Waals surface area contributed by atoms with E-state index in [4.69, 9.17) is 5.73 Å². The SMILES string of the molecule is NCc1ccc(C(=O)NCCc2nnc3n2CCCCC3)cc1. The zero-order valence-corrected chi connectivity index (χ0v) is 13.3. The Morgan fingerprint density at radius 1 is 1.17 bits per heavy atom. The van der Waals surface area contributed by atoms with Crippen molar-refractivity contribution in [2.45, 2.75) is 45.2 Å². The molecule has 1 aliphatic heterocycles. The fourth-order valence-corrected chi connectivity index (χ4v) is 2.91. The highest BCUT2D eigenvalue weighted by atomic mass is 16.1. The summed E-state index contributed by atoms with van der Waals surface area (Å²) in [5.74, 6) is 1.99. The lowest BCUT2D eigenvalue weighted by Crippen LogP contribution is -2.26. The number of carbonyl (C=O) groups excluding carboxylic acids is 1. The van der Waals surface area contributed by atoms with Crippen molar-refractivity contribution in [2.75, 3.05) is 6.54 Å². The van der Waals surface area contributed by atoms with Crippen LogP contribution in [0, 0.1) is 0 Å². The molecule has 0 aliphatic carbocycles. The zero-order chi connectivity index (χ0) is 16.1. The van der Waals surface area contributed by atoms with Gasteiger partial charge in [0.25, 0.3) is 5.91 Å². The highest BCUT2D eigenvalue weighted by molar-refractivity contribution is 5.94. The maximum absolute atomic E-state index is 12.1. The summed E-state index contributed by atoms with van der Waals surface area (Å²) >= 11 is 0. The van der Waals surface area contributed by atoms with Gasteiger partial charge in [-0.2, -0.15) is 0 Å². The van der Waals surface area contributed by atoms with Crippen LogP contribution in [0.4, 0.5) is 0 Å². The standard InChI is InChI=1S/C17H23N5O/c18-12-13-5-7-14(8-6-13)17(23)19-10-9-16-21-20-15-4-2-1-3-11-22(15)16/h5-8H,1-4,9-12,18H2,(H,19,23). The fourth-order valence-electron chi connectivity index (χ4n) is 2.91. The zero-order valence-electron chi connectivity index (χ0n) is 13.3. The van der Waals surface area contributed by atoms with E-state index in [0.29, 0.717) is 25.1 Å². The molecule has 0 saturated carbocycles. The van der Waals surface area contributed by atoms with Crippen molar-refractivity contribution in [3.63, 3.8) is 0 Å². The van der Waals surface area contributed by atoms with Crippen LogP contribution in [-0.2, 0) is 25.9 Å². The summed E-state index contributed by atoms with van der Waals surface area (Å²) in [4.78, 5) is 12.1. The van der Waals surface area contributed by atoms with Crippen LogP contribution in [0.25, 0.3) is 0 Å². The highest BCUT2D eigenvalue weighted by Gasteiger charge is 2.14. The fraction of sp³-hybridized carbons (Fsp3) is 0.471. The van der Waals surface area contributed by atoms with Gasteiger partial charge in [0, 0.05) is 38.0 Å². The van der Waals surface area contributed by atoms with E-state index in [1.807, 2.05) is 12.1 Å². The van der Waals surface area contributed by atoms with Gasteiger partial charge in [0.2, 0.25) is 0 Å². The highest BCUT2D eigenvalue weighted by Crippen LogP contribution is 2.14. The van der Waals surface area contributed by atoms with Gasteiger partial charge < -0.3 is 15.6 Å². The molecular weight excluding hydrogens is 290 g/mol. The third-order valence-corrected chi connectivity index (χ3v) is 4.27. The van der Waals surface area contributed by atoms with E-state index < -0.39 is 0 Å². The summed E-state index contributed by atoms with van der Waals surface area (Å²) < 4.78 is 2.22. The van der Waals surface area contributed by atoms with Crippen LogP contribution >= 0.6 is 0 Å². The number of nitrogens with two attached hydrogens (primary N) is 1. The molecule has 1 aromatic heterocycles. The lowest BCUT2D eigenvalue weighted by Gasteiger charge is -2.08. The Morgan fingerprint density at radius 3 is 2.78 bits per heavy atom. The molecule has 0 spiro atoms. The number of amides is 1. The normalized spacial score (nSPS) is 14.1. The largest absolute Gasteiger partial charge is 0.352 e. The van der Waals surface area contributed by atoms with Gasteiger partial charge in [-0.3, -0.25) is 4.79 Å². The van der Waals surface area contributed by atoms with Gasteiger partial charge in [-0.25, -0.2) is 0 Å². The van der Waals surface area contributed by atoms with E-state index in [9.17, 15) is 4.79 Å². The lowest BCUT2D eigenvalue weighted by atomic mass is 10.1. The predicted molar refractivity (Wildman–Crippen MR) is 87.9 cm³/mol. The minimum atomic E-state index is -0.0656. The van der Waals surface area contributed by atoms with Gasteiger partial charge in [-0.1, -0.05) is 18.6 Å². The Balaban J connectivity index is 1.54. The van der Waals surface area contributed by atoms with Gasteiger partial charge >= 0.3 is 0 Å². The van der Waals surface area contributed by atoms with E-state index in [1.54, 1.807) is 12.1 Å². The number of nitrogens with zero attached hydrogens (tertiary/aromatic N) is 3. The van der Waals surface area contributed by atoms with Crippen LogP contribution in [-0.4, -0.2) is 27.2 Å². The molecule has 122 valence electrons. The molecule has 1 amide bonds. The maximum atomic E-state index is 12.1. The summed E-state index contributed by atoms with van der Waals surface area (Å²) in [7, 11) is 0. The van der Waals surface area contributed by atoms with E-state index >= 15 is 0 Å². The Kier molecular flexibility index (Phi) is 5.02. The number of hydrogen-bond donors (Lipinski definition) is 2. The minimum absolute atomic E-state index is 0.0656. The molecule has 0 bridgehead atoms.